The second-order valence-electron chi connectivity index (χ2n) is 4.01. The summed E-state index contributed by atoms with van der Waals surface area (Å²) in [5.74, 6) is 0. The monoisotopic (exact) mass is 330 g/mol. The maximum atomic E-state index is 12.3. The first kappa shape index (κ1) is 15.2. The van der Waals surface area contributed by atoms with E-state index in [2.05, 4.69) is 15.9 Å². The molecule has 0 spiro atoms. The van der Waals surface area contributed by atoms with Crippen LogP contribution in [-0.4, -0.2) is 25.8 Å². The summed E-state index contributed by atoms with van der Waals surface area (Å²) in [5, 5.41) is 9.30. The predicted octanol–water partition coefficient (Wildman–Crippen LogP) is 2.50. The number of rotatable bonds is 5. The summed E-state index contributed by atoms with van der Waals surface area (Å²) >= 11 is 3.31. The number of sulfonamides is 1. The Morgan fingerprint density at radius 1 is 1.39 bits per heavy atom. The summed E-state index contributed by atoms with van der Waals surface area (Å²) in [4.78, 5) is 0.250. The zero-order valence-electron chi connectivity index (χ0n) is 10.3. The van der Waals surface area contributed by atoms with Gasteiger partial charge in [0.1, 0.15) is 0 Å². The van der Waals surface area contributed by atoms with Crippen molar-refractivity contribution >= 4 is 26.0 Å². The Kier molecular flexibility index (Phi) is 5.32. The van der Waals surface area contributed by atoms with Crippen LogP contribution in [0.15, 0.2) is 29.2 Å². The van der Waals surface area contributed by atoms with Gasteiger partial charge in [0.25, 0.3) is 0 Å². The maximum Gasteiger partial charge on any atom is 0.243 e. The minimum atomic E-state index is -3.52. The molecule has 0 aromatic heterocycles. The SMILES string of the molecule is CC(CC#N)N(C)S(=O)(=O)c1ccc(CBr)cc1. The highest BCUT2D eigenvalue weighted by Crippen LogP contribution is 2.19. The van der Waals surface area contributed by atoms with E-state index >= 15 is 0 Å². The molecule has 1 rings (SSSR count). The third-order valence-corrected chi connectivity index (χ3v) is 5.40. The van der Waals surface area contributed by atoms with Crippen LogP contribution in [0, 0.1) is 11.3 Å². The predicted molar refractivity (Wildman–Crippen MR) is 73.7 cm³/mol. The Balaban J connectivity index is 3.02. The maximum absolute atomic E-state index is 12.3. The van der Waals surface area contributed by atoms with Gasteiger partial charge in [-0.15, -0.1) is 0 Å². The molecule has 1 aromatic carbocycles. The smallest absolute Gasteiger partial charge is 0.207 e. The third kappa shape index (κ3) is 3.31. The number of benzene rings is 1. The van der Waals surface area contributed by atoms with Gasteiger partial charge in [-0.3, -0.25) is 0 Å². The van der Waals surface area contributed by atoms with Crippen molar-refractivity contribution in [3.63, 3.8) is 0 Å². The average Bonchev–Trinajstić information content (AvgIpc) is 2.38. The first-order valence-electron chi connectivity index (χ1n) is 5.43. The standard InChI is InChI=1S/C12H15BrN2O2S/c1-10(7-8-14)15(2)18(16,17)12-5-3-11(9-13)4-6-12/h3-6,10H,7,9H2,1-2H3. The molecule has 0 radical (unpaired) electrons. The molecule has 0 bridgehead atoms. The van der Waals surface area contributed by atoms with Crippen LogP contribution in [0.25, 0.3) is 0 Å². The van der Waals surface area contributed by atoms with Gasteiger partial charge in [0.15, 0.2) is 0 Å². The number of hydrogen-bond donors (Lipinski definition) is 0. The van der Waals surface area contributed by atoms with Gasteiger partial charge in [-0.05, 0) is 24.6 Å². The van der Waals surface area contributed by atoms with Crippen LogP contribution in [0.3, 0.4) is 0 Å². The van der Waals surface area contributed by atoms with Gasteiger partial charge in [-0.25, -0.2) is 8.42 Å². The normalized spacial score (nSPS) is 13.3. The van der Waals surface area contributed by atoms with Crippen molar-refractivity contribution in [3.8, 4) is 6.07 Å². The Labute approximate surface area is 116 Å². The molecule has 1 aromatic rings. The first-order chi connectivity index (χ1) is 8.43. The fourth-order valence-electron chi connectivity index (χ4n) is 1.41. The summed E-state index contributed by atoms with van der Waals surface area (Å²) in [6.45, 7) is 1.72. The lowest BCUT2D eigenvalue weighted by Crippen LogP contribution is -2.34. The molecule has 0 aliphatic carbocycles. The molecule has 6 heteroatoms. The molecule has 1 unspecified atom stereocenters. The van der Waals surface area contributed by atoms with Crippen molar-refractivity contribution in [2.75, 3.05) is 7.05 Å². The largest absolute Gasteiger partial charge is 0.243 e. The van der Waals surface area contributed by atoms with Crippen molar-refractivity contribution in [1.82, 2.24) is 4.31 Å². The van der Waals surface area contributed by atoms with Crippen LogP contribution in [0.4, 0.5) is 0 Å². The Bertz CT molecular complexity index is 534. The van der Waals surface area contributed by atoms with E-state index in [-0.39, 0.29) is 17.4 Å². The minimum Gasteiger partial charge on any atom is -0.207 e. The summed E-state index contributed by atoms with van der Waals surface area (Å²) < 4.78 is 25.7. The molecule has 0 amide bonds. The molecule has 4 nitrogen and oxygen atoms in total. The number of alkyl halides is 1. The van der Waals surface area contributed by atoms with Gasteiger partial charge >= 0.3 is 0 Å². The van der Waals surface area contributed by atoms with Gasteiger partial charge < -0.3 is 0 Å². The van der Waals surface area contributed by atoms with Crippen LogP contribution in [0.5, 0.6) is 0 Å². The van der Waals surface area contributed by atoms with E-state index in [1.807, 2.05) is 6.07 Å². The van der Waals surface area contributed by atoms with Gasteiger partial charge in [-0.2, -0.15) is 9.57 Å². The molecule has 98 valence electrons. The van der Waals surface area contributed by atoms with Crippen LogP contribution in [-0.2, 0) is 15.4 Å². The van der Waals surface area contributed by atoms with E-state index in [4.69, 9.17) is 5.26 Å². The third-order valence-electron chi connectivity index (χ3n) is 2.76. The van der Waals surface area contributed by atoms with Gasteiger partial charge in [0, 0.05) is 18.4 Å². The van der Waals surface area contributed by atoms with Crippen molar-refractivity contribution < 1.29 is 8.42 Å². The zero-order chi connectivity index (χ0) is 13.8. The van der Waals surface area contributed by atoms with E-state index in [9.17, 15) is 8.42 Å². The number of hydrogen-bond acceptors (Lipinski definition) is 3. The molecule has 0 N–H and O–H groups in total. The lowest BCUT2D eigenvalue weighted by Gasteiger charge is -2.22. The second-order valence-corrected chi connectivity index (χ2v) is 6.57. The topological polar surface area (TPSA) is 61.2 Å². The highest BCUT2D eigenvalue weighted by molar-refractivity contribution is 9.08. The van der Waals surface area contributed by atoms with Crippen LogP contribution < -0.4 is 0 Å². The number of halogens is 1. The van der Waals surface area contributed by atoms with Crippen LogP contribution in [0.1, 0.15) is 18.9 Å². The fraction of sp³-hybridized carbons (Fsp3) is 0.417. The highest BCUT2D eigenvalue weighted by Gasteiger charge is 2.24. The van der Waals surface area contributed by atoms with Crippen LogP contribution >= 0.6 is 15.9 Å². The van der Waals surface area contributed by atoms with E-state index in [0.717, 1.165) is 5.56 Å². The Hall–Kier alpha value is -0.900. The highest BCUT2D eigenvalue weighted by atomic mass is 79.9. The molecule has 0 aliphatic rings. The fourth-order valence-corrected chi connectivity index (χ4v) is 3.15. The summed E-state index contributed by atoms with van der Waals surface area (Å²) in [7, 11) is -2.02. The van der Waals surface area contributed by atoms with Gasteiger partial charge in [0.2, 0.25) is 10.0 Å². The van der Waals surface area contributed by atoms with Gasteiger partial charge in [-0.1, -0.05) is 28.1 Å². The number of nitrogens with zero attached hydrogens (tertiary/aromatic N) is 2. The summed E-state index contributed by atoms with van der Waals surface area (Å²) in [5.41, 5.74) is 1.02. The second kappa shape index (κ2) is 6.32. The molecule has 18 heavy (non-hydrogen) atoms. The molecular weight excluding hydrogens is 316 g/mol. The lowest BCUT2D eigenvalue weighted by molar-refractivity contribution is 0.393. The molecular formula is C12H15BrN2O2S. The summed E-state index contributed by atoms with van der Waals surface area (Å²) in [6.07, 6.45) is 0.176. The molecule has 0 fully saturated rings. The van der Waals surface area contributed by atoms with E-state index in [1.165, 1.54) is 11.4 Å². The van der Waals surface area contributed by atoms with E-state index in [1.54, 1.807) is 31.2 Å². The summed E-state index contributed by atoms with van der Waals surface area (Å²) in [6, 6.07) is 8.35. The molecule has 0 saturated heterocycles. The number of nitriles is 1. The Morgan fingerprint density at radius 3 is 2.39 bits per heavy atom. The molecule has 0 aliphatic heterocycles. The van der Waals surface area contributed by atoms with E-state index in [0.29, 0.717) is 5.33 Å². The minimum absolute atomic E-state index is 0.176. The zero-order valence-corrected chi connectivity index (χ0v) is 12.7. The van der Waals surface area contributed by atoms with Crippen molar-refractivity contribution in [3.05, 3.63) is 29.8 Å². The first-order valence-corrected chi connectivity index (χ1v) is 7.99. The quantitative estimate of drug-likeness (QED) is 0.779. The Morgan fingerprint density at radius 2 is 1.94 bits per heavy atom. The lowest BCUT2D eigenvalue weighted by atomic mass is 10.2. The molecule has 1 atom stereocenters. The van der Waals surface area contributed by atoms with Crippen LogP contribution in [0.2, 0.25) is 0 Å². The van der Waals surface area contributed by atoms with Crippen molar-refractivity contribution in [1.29, 1.82) is 5.26 Å². The van der Waals surface area contributed by atoms with Crippen molar-refractivity contribution in [2.24, 2.45) is 0 Å². The molecule has 0 saturated carbocycles. The van der Waals surface area contributed by atoms with E-state index < -0.39 is 10.0 Å². The average molecular weight is 331 g/mol. The van der Waals surface area contributed by atoms with Gasteiger partial charge in [0.05, 0.1) is 17.4 Å². The van der Waals surface area contributed by atoms with Crippen molar-refractivity contribution in [2.45, 2.75) is 29.6 Å². The molecule has 0 heterocycles.